The van der Waals surface area contributed by atoms with Crippen LogP contribution in [0.1, 0.15) is 40.9 Å². The van der Waals surface area contributed by atoms with Gasteiger partial charge in [-0.1, -0.05) is 55.5 Å². The van der Waals surface area contributed by atoms with Gasteiger partial charge in [0.15, 0.2) is 5.76 Å². The molecule has 2 amide bonds. The Hall–Kier alpha value is -3.08. The lowest BCUT2D eigenvalue weighted by atomic mass is 9.96. The lowest BCUT2D eigenvalue weighted by molar-refractivity contribution is -0.123. The van der Waals surface area contributed by atoms with E-state index < -0.39 is 5.91 Å². The molecule has 0 aliphatic rings. The van der Waals surface area contributed by atoms with E-state index in [9.17, 15) is 9.59 Å². The Bertz CT molecular complexity index is 900. The predicted molar refractivity (Wildman–Crippen MR) is 96.0 cm³/mol. The molecule has 5 heteroatoms. The molecule has 128 valence electrons. The molecule has 1 unspecified atom stereocenters. The van der Waals surface area contributed by atoms with Gasteiger partial charge >= 0.3 is 5.91 Å². The van der Waals surface area contributed by atoms with E-state index in [-0.39, 0.29) is 17.6 Å². The van der Waals surface area contributed by atoms with Gasteiger partial charge in [-0.3, -0.25) is 20.4 Å². The van der Waals surface area contributed by atoms with Crippen molar-refractivity contribution in [2.45, 2.75) is 26.2 Å². The number of rotatable bonds is 4. The maximum Gasteiger partial charge on any atom is 0.305 e. The van der Waals surface area contributed by atoms with E-state index in [1.54, 1.807) is 6.07 Å². The van der Waals surface area contributed by atoms with E-state index >= 15 is 0 Å². The van der Waals surface area contributed by atoms with Crippen LogP contribution in [-0.4, -0.2) is 11.8 Å². The van der Waals surface area contributed by atoms with Crippen molar-refractivity contribution < 1.29 is 14.0 Å². The molecule has 0 radical (unpaired) electrons. The van der Waals surface area contributed by atoms with Crippen molar-refractivity contribution >= 4 is 22.8 Å². The molecule has 1 heterocycles. The molecule has 0 aliphatic carbocycles. The smallest absolute Gasteiger partial charge is 0.305 e. The number of aryl methyl sites for hydroxylation is 1. The molecular formula is C20H20N2O3. The summed E-state index contributed by atoms with van der Waals surface area (Å²) < 4.78 is 5.60. The average Bonchev–Trinajstić information content (AvgIpc) is 2.98. The third-order valence-electron chi connectivity index (χ3n) is 4.28. The molecule has 1 aromatic heterocycles. The lowest BCUT2D eigenvalue weighted by Crippen LogP contribution is -2.44. The van der Waals surface area contributed by atoms with Crippen LogP contribution in [-0.2, 0) is 4.79 Å². The van der Waals surface area contributed by atoms with E-state index in [4.69, 9.17) is 4.42 Å². The fraction of sp³-hybridized carbons (Fsp3) is 0.200. The SMILES string of the molecule is CCC(C(=O)NNC(=O)c1oc2ccccc2c1C)c1ccccc1. The van der Waals surface area contributed by atoms with Crippen LogP contribution in [0.25, 0.3) is 11.0 Å². The molecule has 2 aromatic carbocycles. The zero-order valence-electron chi connectivity index (χ0n) is 14.2. The van der Waals surface area contributed by atoms with Crippen LogP contribution in [0, 0.1) is 6.92 Å². The highest BCUT2D eigenvalue weighted by Gasteiger charge is 2.21. The zero-order chi connectivity index (χ0) is 17.8. The molecule has 0 bridgehead atoms. The second-order valence-corrected chi connectivity index (χ2v) is 5.87. The van der Waals surface area contributed by atoms with Gasteiger partial charge in [0.25, 0.3) is 0 Å². The molecule has 0 saturated heterocycles. The van der Waals surface area contributed by atoms with Crippen LogP contribution in [0.3, 0.4) is 0 Å². The molecule has 0 aliphatic heterocycles. The summed E-state index contributed by atoms with van der Waals surface area (Å²) in [5.41, 5.74) is 7.26. The minimum absolute atomic E-state index is 0.203. The second kappa shape index (κ2) is 7.21. The molecule has 3 rings (SSSR count). The predicted octanol–water partition coefficient (Wildman–Crippen LogP) is 3.70. The zero-order valence-corrected chi connectivity index (χ0v) is 14.2. The number of carbonyl (C=O) groups excluding carboxylic acids is 2. The lowest BCUT2D eigenvalue weighted by Gasteiger charge is -2.15. The van der Waals surface area contributed by atoms with Crippen molar-refractivity contribution in [2.75, 3.05) is 0 Å². The Labute approximate surface area is 146 Å². The van der Waals surface area contributed by atoms with Gasteiger partial charge in [0.2, 0.25) is 5.91 Å². The Balaban J connectivity index is 1.70. The molecule has 5 nitrogen and oxygen atoms in total. The summed E-state index contributed by atoms with van der Waals surface area (Å²) in [7, 11) is 0. The second-order valence-electron chi connectivity index (χ2n) is 5.87. The van der Waals surface area contributed by atoms with Crippen LogP contribution < -0.4 is 10.9 Å². The van der Waals surface area contributed by atoms with Crippen molar-refractivity contribution in [3.63, 3.8) is 0 Å². The number of hydrogen-bond acceptors (Lipinski definition) is 3. The van der Waals surface area contributed by atoms with Gasteiger partial charge in [0, 0.05) is 10.9 Å². The number of nitrogens with one attached hydrogen (secondary N) is 2. The Kier molecular flexibility index (Phi) is 4.84. The van der Waals surface area contributed by atoms with E-state index in [1.807, 2.05) is 62.4 Å². The molecule has 1 atom stereocenters. The summed E-state index contributed by atoms with van der Waals surface area (Å²) in [5.74, 6) is -0.840. The number of para-hydroxylation sites is 1. The average molecular weight is 336 g/mol. The molecule has 0 saturated carbocycles. The number of fused-ring (bicyclic) bond motifs is 1. The Morgan fingerprint density at radius 1 is 1.00 bits per heavy atom. The summed E-state index contributed by atoms with van der Waals surface area (Å²) in [5, 5.41) is 0.884. The van der Waals surface area contributed by atoms with Crippen LogP contribution >= 0.6 is 0 Å². The topological polar surface area (TPSA) is 71.3 Å². The van der Waals surface area contributed by atoms with Crippen molar-refractivity contribution in [1.29, 1.82) is 0 Å². The van der Waals surface area contributed by atoms with Crippen LogP contribution in [0.15, 0.2) is 59.0 Å². The van der Waals surface area contributed by atoms with Crippen molar-refractivity contribution in [3.05, 3.63) is 71.5 Å². The van der Waals surface area contributed by atoms with Gasteiger partial charge < -0.3 is 4.42 Å². The first kappa shape index (κ1) is 16.8. The van der Waals surface area contributed by atoms with Gasteiger partial charge in [-0.2, -0.15) is 0 Å². The molecule has 0 spiro atoms. The number of hydrogen-bond donors (Lipinski definition) is 2. The molecular weight excluding hydrogens is 316 g/mol. The summed E-state index contributed by atoms with van der Waals surface area (Å²) >= 11 is 0. The minimum Gasteiger partial charge on any atom is -0.451 e. The first-order valence-corrected chi connectivity index (χ1v) is 8.25. The van der Waals surface area contributed by atoms with E-state index in [1.165, 1.54) is 0 Å². The summed E-state index contributed by atoms with van der Waals surface area (Å²) in [6.45, 7) is 3.75. The Morgan fingerprint density at radius 2 is 1.68 bits per heavy atom. The van der Waals surface area contributed by atoms with Crippen molar-refractivity contribution in [1.82, 2.24) is 10.9 Å². The quantitative estimate of drug-likeness (QED) is 0.714. The van der Waals surface area contributed by atoms with Crippen molar-refractivity contribution in [3.8, 4) is 0 Å². The van der Waals surface area contributed by atoms with Gasteiger partial charge in [-0.05, 0) is 25.0 Å². The van der Waals surface area contributed by atoms with Crippen LogP contribution in [0.5, 0.6) is 0 Å². The summed E-state index contributed by atoms with van der Waals surface area (Å²) in [6, 6.07) is 16.9. The molecule has 2 N–H and O–H groups in total. The Morgan fingerprint density at radius 3 is 2.36 bits per heavy atom. The fourth-order valence-electron chi connectivity index (χ4n) is 2.91. The number of benzene rings is 2. The fourth-order valence-corrected chi connectivity index (χ4v) is 2.91. The van der Waals surface area contributed by atoms with Gasteiger partial charge in [-0.25, -0.2) is 0 Å². The van der Waals surface area contributed by atoms with Gasteiger partial charge in [-0.15, -0.1) is 0 Å². The maximum absolute atomic E-state index is 12.4. The maximum atomic E-state index is 12.4. The van der Waals surface area contributed by atoms with Crippen LogP contribution in [0.4, 0.5) is 0 Å². The third kappa shape index (κ3) is 3.40. The number of furan rings is 1. The first-order chi connectivity index (χ1) is 12.1. The highest BCUT2D eigenvalue weighted by atomic mass is 16.3. The summed E-state index contributed by atoms with van der Waals surface area (Å²) in [4.78, 5) is 24.8. The van der Waals surface area contributed by atoms with Crippen molar-refractivity contribution in [2.24, 2.45) is 0 Å². The normalized spacial score (nSPS) is 11.9. The van der Waals surface area contributed by atoms with Gasteiger partial charge in [0.1, 0.15) is 5.58 Å². The summed E-state index contributed by atoms with van der Waals surface area (Å²) in [6.07, 6.45) is 0.634. The molecule has 0 fully saturated rings. The van der Waals surface area contributed by atoms with Crippen LogP contribution in [0.2, 0.25) is 0 Å². The third-order valence-corrected chi connectivity index (χ3v) is 4.28. The molecule has 25 heavy (non-hydrogen) atoms. The largest absolute Gasteiger partial charge is 0.451 e. The highest BCUT2D eigenvalue weighted by Crippen LogP contribution is 2.24. The number of hydrazine groups is 1. The molecule has 3 aromatic rings. The monoisotopic (exact) mass is 336 g/mol. The standard InChI is InChI=1S/C20H20N2O3/c1-3-15(14-9-5-4-6-10-14)19(23)21-22-20(24)18-13(2)16-11-7-8-12-17(16)25-18/h4-12,15H,3H2,1-2H3,(H,21,23)(H,22,24). The first-order valence-electron chi connectivity index (χ1n) is 8.25. The van der Waals surface area contributed by atoms with E-state index in [2.05, 4.69) is 10.9 Å². The number of amides is 2. The highest BCUT2D eigenvalue weighted by molar-refractivity contribution is 5.99. The number of carbonyl (C=O) groups is 2. The van der Waals surface area contributed by atoms with E-state index in [0.29, 0.717) is 12.0 Å². The van der Waals surface area contributed by atoms with E-state index in [0.717, 1.165) is 16.5 Å². The minimum atomic E-state index is -0.468. The van der Waals surface area contributed by atoms with Gasteiger partial charge in [0.05, 0.1) is 5.92 Å².